The molecule has 16 heavy (non-hydrogen) atoms. The van der Waals surface area contributed by atoms with Gasteiger partial charge in [0.15, 0.2) is 0 Å². The zero-order valence-corrected chi connectivity index (χ0v) is 8.66. The van der Waals surface area contributed by atoms with Crippen LogP contribution in [0.4, 0.5) is 4.79 Å². The standard InChI is InChI=1S/C12H11NO3/c14-10-12(16-11(15)13-10)7-3-5-8-4-1-2-6-9(8)12/h1-2,4,6H,3,5,7H2,(H,13,14,15)/t12-/m0/s1. The number of nitrogens with one attached hydrogen (secondary N) is 1. The molecule has 82 valence electrons. The lowest BCUT2D eigenvalue weighted by molar-refractivity contribution is -0.133. The maximum absolute atomic E-state index is 11.9. The molecule has 1 saturated heterocycles. The number of hydrogen-bond donors (Lipinski definition) is 1. The third kappa shape index (κ3) is 1.10. The Morgan fingerprint density at radius 1 is 1.25 bits per heavy atom. The summed E-state index contributed by atoms with van der Waals surface area (Å²) in [6, 6.07) is 7.65. The molecule has 1 N–H and O–H groups in total. The van der Waals surface area contributed by atoms with Crippen LogP contribution in [0.2, 0.25) is 0 Å². The monoisotopic (exact) mass is 217 g/mol. The molecule has 1 atom stereocenters. The van der Waals surface area contributed by atoms with Gasteiger partial charge in [-0.2, -0.15) is 0 Å². The van der Waals surface area contributed by atoms with Gasteiger partial charge in [-0.15, -0.1) is 0 Å². The Hall–Kier alpha value is -1.84. The topological polar surface area (TPSA) is 55.4 Å². The minimum atomic E-state index is -1.06. The molecule has 1 heterocycles. The van der Waals surface area contributed by atoms with Gasteiger partial charge in [0.1, 0.15) is 0 Å². The second-order valence-electron chi connectivity index (χ2n) is 4.18. The van der Waals surface area contributed by atoms with E-state index >= 15 is 0 Å². The molecule has 2 amide bonds. The molecular weight excluding hydrogens is 206 g/mol. The van der Waals surface area contributed by atoms with Gasteiger partial charge in [0.2, 0.25) is 5.60 Å². The Balaban J connectivity index is 2.17. The normalized spacial score (nSPS) is 27.5. The minimum absolute atomic E-state index is 0.329. The number of aryl methyl sites for hydroxylation is 1. The van der Waals surface area contributed by atoms with Crippen molar-refractivity contribution in [2.24, 2.45) is 0 Å². The molecule has 1 spiro atoms. The number of imide groups is 1. The van der Waals surface area contributed by atoms with E-state index in [-0.39, 0.29) is 5.91 Å². The lowest BCUT2D eigenvalue weighted by Crippen LogP contribution is -2.39. The zero-order valence-electron chi connectivity index (χ0n) is 8.66. The SMILES string of the molecule is O=C1NC(=O)[C@@]2(CCCc3ccccc32)O1. The van der Waals surface area contributed by atoms with E-state index in [9.17, 15) is 9.59 Å². The van der Waals surface area contributed by atoms with Gasteiger partial charge in [-0.05, 0) is 18.4 Å². The van der Waals surface area contributed by atoms with E-state index < -0.39 is 11.7 Å². The predicted molar refractivity (Wildman–Crippen MR) is 55.7 cm³/mol. The fraction of sp³-hybridized carbons (Fsp3) is 0.333. The number of carbonyl (C=O) groups excluding carboxylic acids is 2. The average molecular weight is 217 g/mol. The molecule has 2 aliphatic rings. The summed E-state index contributed by atoms with van der Waals surface area (Å²) in [5.41, 5.74) is 0.870. The summed E-state index contributed by atoms with van der Waals surface area (Å²) < 4.78 is 5.23. The van der Waals surface area contributed by atoms with Crippen LogP contribution in [0.25, 0.3) is 0 Å². The molecular formula is C12H11NO3. The number of rotatable bonds is 0. The lowest BCUT2D eigenvalue weighted by Gasteiger charge is -2.31. The van der Waals surface area contributed by atoms with Crippen molar-refractivity contribution in [2.45, 2.75) is 24.9 Å². The summed E-state index contributed by atoms with van der Waals surface area (Å²) in [5, 5.41) is 2.22. The molecule has 3 rings (SSSR count). The fourth-order valence-electron chi connectivity index (χ4n) is 2.56. The van der Waals surface area contributed by atoms with Crippen LogP contribution in [-0.4, -0.2) is 12.0 Å². The first-order valence-corrected chi connectivity index (χ1v) is 5.35. The first-order chi connectivity index (χ1) is 7.72. The number of benzene rings is 1. The number of hydrogen-bond acceptors (Lipinski definition) is 3. The first kappa shape index (κ1) is 9.39. The molecule has 0 saturated carbocycles. The summed E-state index contributed by atoms with van der Waals surface area (Å²) in [7, 11) is 0. The third-order valence-electron chi connectivity index (χ3n) is 3.28. The maximum atomic E-state index is 11.9. The minimum Gasteiger partial charge on any atom is -0.427 e. The Kier molecular flexibility index (Phi) is 1.80. The summed E-state index contributed by atoms with van der Waals surface area (Å²) in [6.07, 6.45) is 1.73. The third-order valence-corrected chi connectivity index (χ3v) is 3.28. The van der Waals surface area contributed by atoms with Crippen LogP contribution in [0.1, 0.15) is 24.0 Å². The number of fused-ring (bicyclic) bond motifs is 2. The van der Waals surface area contributed by atoms with Gasteiger partial charge >= 0.3 is 6.09 Å². The van der Waals surface area contributed by atoms with Crippen LogP contribution in [0.5, 0.6) is 0 Å². The molecule has 1 aromatic rings. The highest BCUT2D eigenvalue weighted by atomic mass is 16.6. The summed E-state index contributed by atoms with van der Waals surface area (Å²) in [4.78, 5) is 23.0. The van der Waals surface area contributed by atoms with E-state index in [2.05, 4.69) is 5.32 Å². The second-order valence-corrected chi connectivity index (χ2v) is 4.18. The van der Waals surface area contributed by atoms with Gasteiger partial charge in [-0.3, -0.25) is 10.1 Å². The molecule has 0 bridgehead atoms. The molecule has 0 radical (unpaired) electrons. The van der Waals surface area contributed by atoms with Gasteiger partial charge in [0.05, 0.1) is 0 Å². The maximum Gasteiger partial charge on any atom is 0.415 e. The number of alkyl carbamates (subject to hydrolysis) is 1. The van der Waals surface area contributed by atoms with Crippen molar-refractivity contribution >= 4 is 12.0 Å². The van der Waals surface area contributed by atoms with Crippen molar-refractivity contribution in [1.82, 2.24) is 5.32 Å². The predicted octanol–water partition coefficient (Wildman–Crippen LogP) is 1.48. The quantitative estimate of drug-likeness (QED) is 0.716. The van der Waals surface area contributed by atoms with E-state index in [1.165, 1.54) is 0 Å². The molecule has 1 aliphatic heterocycles. The zero-order chi connectivity index (χ0) is 11.2. The smallest absolute Gasteiger partial charge is 0.415 e. The lowest BCUT2D eigenvalue weighted by atomic mass is 9.79. The summed E-state index contributed by atoms with van der Waals surface area (Å²) >= 11 is 0. The second kappa shape index (κ2) is 3.07. The highest BCUT2D eigenvalue weighted by molar-refractivity contribution is 6.03. The van der Waals surface area contributed by atoms with Crippen LogP contribution in [-0.2, 0) is 21.6 Å². The van der Waals surface area contributed by atoms with Crippen molar-refractivity contribution in [1.29, 1.82) is 0 Å². The molecule has 1 aromatic carbocycles. The molecule has 0 aromatic heterocycles. The van der Waals surface area contributed by atoms with Gasteiger partial charge in [0, 0.05) is 12.0 Å². The van der Waals surface area contributed by atoms with Gasteiger partial charge < -0.3 is 4.74 Å². The molecule has 1 fully saturated rings. The van der Waals surface area contributed by atoms with Crippen LogP contribution >= 0.6 is 0 Å². The molecule has 4 nitrogen and oxygen atoms in total. The summed E-state index contributed by atoms with van der Waals surface area (Å²) in [6.45, 7) is 0. The Labute approximate surface area is 92.6 Å². The molecule has 1 aliphatic carbocycles. The van der Waals surface area contributed by atoms with Crippen LogP contribution in [0, 0.1) is 0 Å². The van der Waals surface area contributed by atoms with Crippen molar-refractivity contribution in [3.63, 3.8) is 0 Å². The number of carbonyl (C=O) groups is 2. The van der Waals surface area contributed by atoms with E-state index in [1.807, 2.05) is 24.3 Å². The average Bonchev–Trinajstić information content (AvgIpc) is 2.55. The van der Waals surface area contributed by atoms with Gasteiger partial charge in [0.25, 0.3) is 5.91 Å². The van der Waals surface area contributed by atoms with Crippen molar-refractivity contribution in [3.05, 3.63) is 35.4 Å². The number of amides is 2. The van der Waals surface area contributed by atoms with E-state index in [0.717, 1.165) is 24.0 Å². The number of ether oxygens (including phenoxy) is 1. The van der Waals surface area contributed by atoms with Crippen molar-refractivity contribution in [3.8, 4) is 0 Å². The highest BCUT2D eigenvalue weighted by Crippen LogP contribution is 2.40. The molecule has 4 heteroatoms. The fourth-order valence-corrected chi connectivity index (χ4v) is 2.56. The first-order valence-electron chi connectivity index (χ1n) is 5.35. The van der Waals surface area contributed by atoms with Crippen LogP contribution in [0.15, 0.2) is 24.3 Å². The van der Waals surface area contributed by atoms with Crippen molar-refractivity contribution < 1.29 is 14.3 Å². The van der Waals surface area contributed by atoms with Gasteiger partial charge in [-0.1, -0.05) is 24.3 Å². The summed E-state index contributed by atoms with van der Waals surface area (Å²) in [5.74, 6) is -0.329. The van der Waals surface area contributed by atoms with Crippen LogP contribution in [0.3, 0.4) is 0 Å². The van der Waals surface area contributed by atoms with Crippen molar-refractivity contribution in [2.75, 3.05) is 0 Å². The Bertz CT molecular complexity index is 483. The van der Waals surface area contributed by atoms with Crippen LogP contribution < -0.4 is 5.32 Å². The van der Waals surface area contributed by atoms with Gasteiger partial charge in [-0.25, -0.2) is 4.79 Å². The highest BCUT2D eigenvalue weighted by Gasteiger charge is 2.52. The van der Waals surface area contributed by atoms with E-state index in [0.29, 0.717) is 6.42 Å². The largest absolute Gasteiger partial charge is 0.427 e. The van der Waals surface area contributed by atoms with E-state index in [1.54, 1.807) is 0 Å². The Morgan fingerprint density at radius 2 is 2.06 bits per heavy atom. The van der Waals surface area contributed by atoms with E-state index in [4.69, 9.17) is 4.74 Å². The molecule has 0 unspecified atom stereocenters. The Morgan fingerprint density at radius 3 is 2.81 bits per heavy atom.